The minimum absolute atomic E-state index is 0.329. The maximum atomic E-state index is 11.2. The van der Waals surface area contributed by atoms with Gasteiger partial charge < -0.3 is 0 Å². The largest absolute Gasteiger partial charge is 0.215 e. The smallest absolute Gasteiger partial charge is 0.213 e. The van der Waals surface area contributed by atoms with Gasteiger partial charge in [-0.3, -0.25) is 0 Å². The quantitative estimate of drug-likeness (QED) is 0.716. The Morgan fingerprint density at radius 2 is 1.67 bits per heavy atom. The van der Waals surface area contributed by atoms with E-state index >= 15 is 0 Å². The van der Waals surface area contributed by atoms with Gasteiger partial charge in [0.1, 0.15) is 0 Å². The van der Waals surface area contributed by atoms with Gasteiger partial charge in [-0.15, -0.1) is 0 Å². The molecule has 0 spiro atoms. The molecule has 0 aliphatic carbocycles. The summed E-state index contributed by atoms with van der Waals surface area (Å²) >= 11 is 0. The molecular weight excluding hydrogens is 174 g/mol. The molecule has 4 heteroatoms. The molecule has 0 aromatic heterocycles. The molecule has 0 radical (unpaired) electrons. The Balaban J connectivity index is 3.79. The van der Waals surface area contributed by atoms with E-state index in [9.17, 15) is 8.42 Å². The molecule has 0 unspecified atom stereocenters. The number of hydrogen-bond acceptors (Lipinski definition) is 2. The van der Waals surface area contributed by atoms with Crippen LogP contribution in [0.5, 0.6) is 0 Å². The first-order valence-corrected chi connectivity index (χ1v) is 5.89. The summed E-state index contributed by atoms with van der Waals surface area (Å²) in [7, 11) is -3.04. The van der Waals surface area contributed by atoms with Crippen LogP contribution < -0.4 is 4.72 Å². The molecule has 0 aromatic carbocycles. The molecule has 12 heavy (non-hydrogen) atoms. The summed E-state index contributed by atoms with van der Waals surface area (Å²) in [6.45, 7) is 8.06. The Kier molecular flexibility index (Phi) is 4.78. The van der Waals surface area contributed by atoms with Gasteiger partial charge >= 0.3 is 0 Å². The van der Waals surface area contributed by atoms with Crippen molar-refractivity contribution < 1.29 is 8.42 Å². The van der Waals surface area contributed by atoms with E-state index in [1.807, 2.05) is 0 Å². The van der Waals surface area contributed by atoms with Crippen molar-refractivity contribution in [1.29, 1.82) is 0 Å². The van der Waals surface area contributed by atoms with Crippen LogP contribution in [0.15, 0.2) is 0 Å². The molecule has 0 heterocycles. The lowest BCUT2D eigenvalue weighted by molar-refractivity contribution is 0.546. The number of sulfonamides is 1. The van der Waals surface area contributed by atoms with Crippen molar-refractivity contribution in [2.75, 3.05) is 6.54 Å². The predicted molar refractivity (Wildman–Crippen MR) is 51.5 cm³/mol. The van der Waals surface area contributed by atoms with E-state index in [-0.39, 0.29) is 5.25 Å². The fourth-order valence-corrected chi connectivity index (χ4v) is 1.39. The second kappa shape index (κ2) is 4.82. The Hall–Kier alpha value is -0.0900. The second-order valence-corrected chi connectivity index (χ2v) is 5.99. The van der Waals surface area contributed by atoms with Crippen molar-refractivity contribution in [2.24, 2.45) is 5.92 Å². The maximum absolute atomic E-state index is 11.2. The highest BCUT2D eigenvalue weighted by Crippen LogP contribution is 2.00. The predicted octanol–water partition coefficient (Wildman–Crippen LogP) is 1.36. The standard InChI is InChI=1S/C8H19NO2S/c1-7(2)5-6-9-12(10,11)8(3)4/h7-9H,5-6H2,1-4H3. The van der Waals surface area contributed by atoms with Gasteiger partial charge in [0.15, 0.2) is 0 Å². The third-order valence-electron chi connectivity index (χ3n) is 1.65. The molecule has 74 valence electrons. The molecule has 0 amide bonds. The van der Waals surface area contributed by atoms with Crippen molar-refractivity contribution in [1.82, 2.24) is 4.72 Å². The summed E-state index contributed by atoms with van der Waals surface area (Å²) < 4.78 is 25.0. The Labute approximate surface area is 75.6 Å². The lowest BCUT2D eigenvalue weighted by atomic mass is 10.1. The van der Waals surface area contributed by atoms with Crippen LogP contribution in [-0.4, -0.2) is 20.2 Å². The SMILES string of the molecule is CC(C)CCNS(=O)(=O)C(C)C. The van der Waals surface area contributed by atoms with Gasteiger partial charge in [-0.1, -0.05) is 13.8 Å². The van der Waals surface area contributed by atoms with Crippen LogP contribution in [-0.2, 0) is 10.0 Å². The van der Waals surface area contributed by atoms with Crippen LogP contribution in [0.2, 0.25) is 0 Å². The first-order chi connectivity index (χ1) is 5.36. The Morgan fingerprint density at radius 3 is 2.00 bits per heavy atom. The lowest BCUT2D eigenvalue weighted by Crippen LogP contribution is -2.31. The first kappa shape index (κ1) is 11.9. The van der Waals surface area contributed by atoms with Gasteiger partial charge in [0.2, 0.25) is 10.0 Å². The van der Waals surface area contributed by atoms with E-state index in [4.69, 9.17) is 0 Å². The molecule has 0 aliphatic rings. The summed E-state index contributed by atoms with van der Waals surface area (Å²) in [4.78, 5) is 0. The molecule has 0 bridgehead atoms. The molecule has 0 saturated heterocycles. The fraction of sp³-hybridized carbons (Fsp3) is 1.00. The van der Waals surface area contributed by atoms with Crippen molar-refractivity contribution in [3.8, 4) is 0 Å². The van der Waals surface area contributed by atoms with Crippen LogP contribution in [0.1, 0.15) is 34.1 Å². The third kappa shape index (κ3) is 4.72. The van der Waals surface area contributed by atoms with Gasteiger partial charge in [-0.25, -0.2) is 13.1 Å². The lowest BCUT2D eigenvalue weighted by Gasteiger charge is -2.10. The van der Waals surface area contributed by atoms with E-state index in [2.05, 4.69) is 18.6 Å². The first-order valence-electron chi connectivity index (χ1n) is 4.34. The van der Waals surface area contributed by atoms with Crippen LogP contribution in [0.25, 0.3) is 0 Å². The topological polar surface area (TPSA) is 46.2 Å². The Bertz CT molecular complexity index is 207. The summed E-state index contributed by atoms with van der Waals surface area (Å²) in [6.07, 6.45) is 0.895. The normalized spacial score (nSPS) is 12.8. The molecular formula is C8H19NO2S. The fourth-order valence-electron chi connectivity index (χ4n) is 0.657. The maximum Gasteiger partial charge on any atom is 0.213 e. The average molecular weight is 193 g/mol. The van der Waals surface area contributed by atoms with Crippen molar-refractivity contribution in [3.05, 3.63) is 0 Å². The van der Waals surface area contributed by atoms with Crippen LogP contribution in [0.4, 0.5) is 0 Å². The second-order valence-electron chi connectivity index (χ2n) is 3.67. The van der Waals surface area contributed by atoms with E-state index in [1.165, 1.54) is 0 Å². The van der Waals surface area contributed by atoms with Crippen molar-refractivity contribution in [2.45, 2.75) is 39.4 Å². The molecule has 0 fully saturated rings. The van der Waals surface area contributed by atoms with E-state index in [1.54, 1.807) is 13.8 Å². The van der Waals surface area contributed by atoms with Gasteiger partial charge in [0.25, 0.3) is 0 Å². The number of nitrogens with one attached hydrogen (secondary N) is 1. The molecule has 0 saturated carbocycles. The van der Waals surface area contributed by atoms with Crippen LogP contribution in [0, 0.1) is 5.92 Å². The highest BCUT2D eigenvalue weighted by molar-refractivity contribution is 7.90. The summed E-state index contributed by atoms with van der Waals surface area (Å²) in [6, 6.07) is 0. The van der Waals surface area contributed by atoms with Gasteiger partial charge in [0, 0.05) is 6.54 Å². The third-order valence-corrected chi connectivity index (χ3v) is 3.49. The van der Waals surface area contributed by atoms with Gasteiger partial charge in [-0.2, -0.15) is 0 Å². The minimum Gasteiger partial charge on any atom is -0.215 e. The van der Waals surface area contributed by atoms with Gasteiger partial charge in [-0.05, 0) is 26.2 Å². The molecule has 0 rings (SSSR count). The zero-order chi connectivity index (χ0) is 9.78. The van der Waals surface area contributed by atoms with Crippen LogP contribution in [0.3, 0.4) is 0 Å². The van der Waals surface area contributed by atoms with Crippen LogP contribution >= 0.6 is 0 Å². The van der Waals surface area contributed by atoms with E-state index in [0.717, 1.165) is 6.42 Å². The zero-order valence-corrected chi connectivity index (χ0v) is 9.11. The Morgan fingerprint density at radius 1 is 1.17 bits per heavy atom. The van der Waals surface area contributed by atoms with Crippen molar-refractivity contribution >= 4 is 10.0 Å². The monoisotopic (exact) mass is 193 g/mol. The van der Waals surface area contributed by atoms with E-state index in [0.29, 0.717) is 12.5 Å². The molecule has 3 nitrogen and oxygen atoms in total. The number of hydrogen-bond donors (Lipinski definition) is 1. The molecule has 0 aliphatic heterocycles. The summed E-state index contributed by atoms with van der Waals surface area (Å²) in [5, 5.41) is -0.329. The summed E-state index contributed by atoms with van der Waals surface area (Å²) in [5.41, 5.74) is 0. The van der Waals surface area contributed by atoms with Gasteiger partial charge in [0.05, 0.1) is 5.25 Å². The zero-order valence-electron chi connectivity index (χ0n) is 8.29. The molecule has 0 aromatic rings. The highest BCUT2D eigenvalue weighted by Gasteiger charge is 2.14. The van der Waals surface area contributed by atoms with Crippen molar-refractivity contribution in [3.63, 3.8) is 0 Å². The number of rotatable bonds is 5. The molecule has 0 atom stereocenters. The molecule has 1 N–H and O–H groups in total. The minimum atomic E-state index is -3.04. The summed E-state index contributed by atoms with van der Waals surface area (Å²) in [5.74, 6) is 0.542. The van der Waals surface area contributed by atoms with E-state index < -0.39 is 10.0 Å². The average Bonchev–Trinajstić information content (AvgIpc) is 1.85. The highest BCUT2D eigenvalue weighted by atomic mass is 32.2.